The Kier molecular flexibility index (Phi) is 4.47. The fourth-order valence-electron chi connectivity index (χ4n) is 6.20. The van der Waals surface area contributed by atoms with Crippen LogP contribution in [0.15, 0.2) is 60.7 Å². The molecule has 2 saturated carbocycles. The van der Waals surface area contributed by atoms with Crippen molar-refractivity contribution < 1.29 is 19.1 Å². The van der Waals surface area contributed by atoms with Crippen molar-refractivity contribution in [2.24, 2.45) is 35.5 Å². The molecule has 3 amide bonds. The van der Waals surface area contributed by atoms with E-state index in [0.29, 0.717) is 28.8 Å². The summed E-state index contributed by atoms with van der Waals surface area (Å²) in [6, 6.07) is 14.5. The smallest absolute Gasteiger partial charge is 0.259 e. The Morgan fingerprint density at radius 2 is 1.64 bits per heavy atom. The van der Waals surface area contributed by atoms with Gasteiger partial charge in [-0.15, -0.1) is 0 Å². The number of benzene rings is 2. The third kappa shape index (κ3) is 3.04. The number of hydrogen-bond acceptors (Lipinski definition) is 4. The lowest BCUT2D eigenvalue weighted by Crippen LogP contribution is -2.45. The van der Waals surface area contributed by atoms with Crippen molar-refractivity contribution in [3.8, 4) is 5.75 Å². The molecule has 6 unspecified atom stereocenters. The Morgan fingerprint density at radius 3 is 2.24 bits per heavy atom. The SMILES string of the molecule is COc1cccc(C(=O)N(CN2C(=O)C3C4C=CC(C5CC45)C3C2=O)c2ccc(C)cc2)c1. The predicted molar refractivity (Wildman–Crippen MR) is 122 cm³/mol. The number of ether oxygens (including phenoxy) is 1. The lowest BCUT2D eigenvalue weighted by molar-refractivity contribution is -0.140. The summed E-state index contributed by atoms with van der Waals surface area (Å²) in [5.74, 6) is 0.889. The second-order valence-corrected chi connectivity index (χ2v) is 9.70. The van der Waals surface area contributed by atoms with Crippen molar-refractivity contribution in [1.82, 2.24) is 4.90 Å². The molecule has 6 atom stereocenters. The van der Waals surface area contributed by atoms with Gasteiger partial charge in [0.2, 0.25) is 11.8 Å². The third-order valence-corrected chi connectivity index (χ3v) is 7.94. The summed E-state index contributed by atoms with van der Waals surface area (Å²) in [5.41, 5.74) is 2.15. The van der Waals surface area contributed by atoms with Crippen LogP contribution in [0.25, 0.3) is 0 Å². The molecule has 3 fully saturated rings. The van der Waals surface area contributed by atoms with Crippen LogP contribution in [0.4, 0.5) is 5.69 Å². The second-order valence-electron chi connectivity index (χ2n) is 9.70. The van der Waals surface area contributed by atoms with E-state index in [1.165, 1.54) is 9.80 Å². The highest BCUT2D eigenvalue weighted by Crippen LogP contribution is 2.65. The van der Waals surface area contributed by atoms with Gasteiger partial charge in [-0.2, -0.15) is 0 Å². The second kappa shape index (κ2) is 7.30. The zero-order valence-corrected chi connectivity index (χ0v) is 18.7. The van der Waals surface area contributed by atoms with Gasteiger partial charge in [-0.05, 0) is 67.3 Å². The van der Waals surface area contributed by atoms with E-state index in [9.17, 15) is 14.4 Å². The van der Waals surface area contributed by atoms with Gasteiger partial charge in [-0.3, -0.25) is 24.2 Å². The fraction of sp³-hybridized carbons (Fsp3) is 0.370. The predicted octanol–water partition coefficient (Wildman–Crippen LogP) is 3.66. The molecule has 5 aliphatic rings. The number of likely N-dealkylation sites (tertiary alicyclic amines) is 1. The summed E-state index contributed by atoms with van der Waals surface area (Å²) in [6.45, 7) is 1.89. The molecule has 4 aliphatic carbocycles. The lowest BCUT2D eigenvalue weighted by atomic mass is 9.63. The van der Waals surface area contributed by atoms with E-state index in [-0.39, 0.29) is 48.1 Å². The number of methoxy groups -OCH3 is 1. The first-order valence-electron chi connectivity index (χ1n) is 11.5. The molecule has 1 heterocycles. The number of aryl methyl sites for hydroxylation is 1. The molecular weight excluding hydrogens is 416 g/mol. The first-order chi connectivity index (χ1) is 16.0. The number of carbonyl (C=O) groups excluding carboxylic acids is 3. The molecule has 168 valence electrons. The third-order valence-electron chi connectivity index (χ3n) is 7.94. The average molecular weight is 443 g/mol. The number of carbonyl (C=O) groups is 3. The average Bonchev–Trinajstić information content (AvgIpc) is 3.63. The molecule has 0 aromatic heterocycles. The maximum Gasteiger partial charge on any atom is 0.259 e. The minimum absolute atomic E-state index is 0.0848. The monoisotopic (exact) mass is 442 g/mol. The Morgan fingerprint density at radius 1 is 1.00 bits per heavy atom. The maximum absolute atomic E-state index is 13.6. The van der Waals surface area contributed by atoms with E-state index in [1.807, 2.05) is 31.2 Å². The molecule has 6 nitrogen and oxygen atoms in total. The van der Waals surface area contributed by atoms with Crippen molar-refractivity contribution >= 4 is 23.4 Å². The number of imide groups is 1. The van der Waals surface area contributed by atoms with Crippen molar-refractivity contribution in [3.63, 3.8) is 0 Å². The standard InChI is InChI=1S/C27H26N2O4/c1-15-6-8-17(9-7-15)28(25(30)16-4-3-5-18(12-16)33-2)14-29-26(31)23-19-10-11-20(22-13-21(19)22)24(23)27(29)32/h3-12,19-24H,13-14H2,1-2H3. The van der Waals surface area contributed by atoms with Crippen LogP contribution < -0.4 is 9.64 Å². The Balaban J connectivity index is 1.34. The molecule has 6 heteroatoms. The number of anilines is 1. The van der Waals surface area contributed by atoms with Crippen LogP contribution >= 0.6 is 0 Å². The van der Waals surface area contributed by atoms with E-state index in [2.05, 4.69) is 12.2 Å². The number of amides is 3. The fourth-order valence-corrected chi connectivity index (χ4v) is 6.20. The molecule has 1 saturated heterocycles. The number of nitrogens with zero attached hydrogens (tertiary/aromatic N) is 2. The van der Waals surface area contributed by atoms with Gasteiger partial charge in [0.25, 0.3) is 5.91 Å². The van der Waals surface area contributed by atoms with Gasteiger partial charge in [0.15, 0.2) is 0 Å². The minimum Gasteiger partial charge on any atom is -0.497 e. The van der Waals surface area contributed by atoms with Crippen LogP contribution in [0.2, 0.25) is 0 Å². The topological polar surface area (TPSA) is 66.9 Å². The molecule has 1 aliphatic heterocycles. The molecule has 0 N–H and O–H groups in total. The van der Waals surface area contributed by atoms with Gasteiger partial charge in [-0.1, -0.05) is 35.9 Å². The van der Waals surface area contributed by atoms with Crippen molar-refractivity contribution in [3.05, 3.63) is 71.8 Å². The van der Waals surface area contributed by atoms with Crippen LogP contribution in [0.3, 0.4) is 0 Å². The van der Waals surface area contributed by atoms with Gasteiger partial charge >= 0.3 is 0 Å². The Hall–Kier alpha value is -3.41. The van der Waals surface area contributed by atoms with Crippen molar-refractivity contribution in [2.45, 2.75) is 13.3 Å². The van der Waals surface area contributed by atoms with E-state index >= 15 is 0 Å². The molecule has 2 aromatic carbocycles. The van der Waals surface area contributed by atoms with Crippen LogP contribution in [-0.4, -0.2) is 36.4 Å². The molecule has 7 rings (SSSR count). The Labute approximate surface area is 192 Å². The minimum atomic E-state index is -0.280. The summed E-state index contributed by atoms with van der Waals surface area (Å²) in [6.07, 6.45) is 5.45. The normalized spacial score (nSPS) is 30.8. The first kappa shape index (κ1) is 20.2. The number of allylic oxidation sites excluding steroid dienone is 2. The maximum atomic E-state index is 13.6. The summed E-state index contributed by atoms with van der Waals surface area (Å²) < 4.78 is 5.29. The van der Waals surface area contributed by atoms with E-state index in [0.717, 1.165) is 12.0 Å². The van der Waals surface area contributed by atoms with Crippen LogP contribution in [0.5, 0.6) is 5.75 Å². The van der Waals surface area contributed by atoms with Crippen LogP contribution in [0, 0.1) is 42.4 Å². The van der Waals surface area contributed by atoms with Gasteiger partial charge in [0, 0.05) is 11.3 Å². The van der Waals surface area contributed by atoms with Crippen molar-refractivity contribution in [1.29, 1.82) is 0 Å². The molecule has 33 heavy (non-hydrogen) atoms. The van der Waals surface area contributed by atoms with E-state index in [1.54, 1.807) is 31.4 Å². The van der Waals surface area contributed by atoms with Gasteiger partial charge in [-0.25, -0.2) is 0 Å². The quantitative estimate of drug-likeness (QED) is 0.524. The molecule has 2 bridgehead atoms. The summed E-state index contributed by atoms with van der Waals surface area (Å²) in [4.78, 5) is 43.5. The highest BCUT2D eigenvalue weighted by atomic mass is 16.5. The highest BCUT2D eigenvalue weighted by Gasteiger charge is 2.67. The zero-order valence-electron chi connectivity index (χ0n) is 18.7. The van der Waals surface area contributed by atoms with Crippen molar-refractivity contribution in [2.75, 3.05) is 18.7 Å². The molecule has 0 spiro atoms. The van der Waals surface area contributed by atoms with Gasteiger partial charge < -0.3 is 4.74 Å². The highest BCUT2D eigenvalue weighted by molar-refractivity contribution is 6.10. The first-order valence-corrected chi connectivity index (χ1v) is 11.5. The largest absolute Gasteiger partial charge is 0.497 e. The summed E-state index contributed by atoms with van der Waals surface area (Å²) >= 11 is 0. The van der Waals surface area contributed by atoms with Crippen LogP contribution in [-0.2, 0) is 9.59 Å². The zero-order chi connectivity index (χ0) is 22.9. The lowest BCUT2D eigenvalue weighted by Gasteiger charge is -2.37. The molecular formula is C27H26N2O4. The van der Waals surface area contributed by atoms with E-state index in [4.69, 9.17) is 4.74 Å². The molecule has 2 aromatic rings. The summed E-state index contributed by atoms with van der Waals surface area (Å²) in [5, 5.41) is 0. The molecule has 0 radical (unpaired) electrons. The van der Waals surface area contributed by atoms with Gasteiger partial charge in [0.05, 0.1) is 18.9 Å². The number of hydrogen-bond donors (Lipinski definition) is 0. The Bertz CT molecular complexity index is 1150. The summed E-state index contributed by atoms with van der Waals surface area (Å²) in [7, 11) is 1.55. The number of rotatable bonds is 5. The van der Waals surface area contributed by atoms with E-state index < -0.39 is 0 Å². The van der Waals surface area contributed by atoms with Gasteiger partial charge in [0.1, 0.15) is 12.4 Å². The van der Waals surface area contributed by atoms with Crippen LogP contribution in [0.1, 0.15) is 22.3 Å².